The molecule has 0 spiro atoms. The van der Waals surface area contributed by atoms with E-state index in [0.29, 0.717) is 19.7 Å². The van der Waals surface area contributed by atoms with Gasteiger partial charge in [-0.15, -0.1) is 0 Å². The number of rotatable bonds is 2. The third-order valence-electron chi connectivity index (χ3n) is 4.57. The van der Waals surface area contributed by atoms with Crippen molar-refractivity contribution < 1.29 is 14.6 Å². The van der Waals surface area contributed by atoms with Crippen molar-refractivity contribution in [3.8, 4) is 0 Å². The van der Waals surface area contributed by atoms with Crippen LogP contribution in [0.5, 0.6) is 0 Å². The number of carbonyl (C=O) groups excluding carboxylic acids is 1. The second-order valence-electron chi connectivity index (χ2n) is 5.80. The molecule has 19 heavy (non-hydrogen) atoms. The highest BCUT2D eigenvalue weighted by Gasteiger charge is 2.55. The Morgan fingerprint density at radius 3 is 2.58 bits per heavy atom. The van der Waals surface area contributed by atoms with Crippen LogP contribution in [-0.2, 0) is 11.3 Å². The standard InChI is InChI=1S/C15H19NO3/c1-15(18)12-7-13(15)9-16(8-12)14(17)19-10-11-5-3-2-4-6-11/h2-6,12-13,18H,7-10H2,1H3/t12-,13+,15?. The molecule has 2 bridgehead atoms. The van der Waals surface area contributed by atoms with Crippen LogP contribution >= 0.6 is 0 Å². The summed E-state index contributed by atoms with van der Waals surface area (Å²) in [6.45, 7) is 3.40. The van der Waals surface area contributed by atoms with E-state index in [1.165, 1.54) is 0 Å². The zero-order chi connectivity index (χ0) is 13.5. The fraction of sp³-hybridized carbons (Fsp3) is 0.533. The van der Waals surface area contributed by atoms with Crippen molar-refractivity contribution in [1.82, 2.24) is 4.90 Å². The van der Waals surface area contributed by atoms with Crippen molar-refractivity contribution >= 4 is 6.09 Å². The molecule has 1 aromatic rings. The van der Waals surface area contributed by atoms with Crippen LogP contribution in [-0.4, -0.2) is 34.8 Å². The molecule has 4 heteroatoms. The van der Waals surface area contributed by atoms with Gasteiger partial charge in [-0.25, -0.2) is 4.79 Å². The van der Waals surface area contributed by atoms with Crippen LogP contribution in [0, 0.1) is 11.8 Å². The highest BCUT2D eigenvalue weighted by atomic mass is 16.6. The van der Waals surface area contributed by atoms with E-state index in [-0.39, 0.29) is 17.9 Å². The summed E-state index contributed by atoms with van der Waals surface area (Å²) in [6, 6.07) is 9.66. The van der Waals surface area contributed by atoms with E-state index >= 15 is 0 Å². The van der Waals surface area contributed by atoms with Crippen LogP contribution in [0.4, 0.5) is 4.79 Å². The van der Waals surface area contributed by atoms with Gasteiger partial charge in [0.25, 0.3) is 0 Å². The van der Waals surface area contributed by atoms with Crippen molar-refractivity contribution in [2.75, 3.05) is 13.1 Å². The third kappa shape index (κ3) is 2.21. The van der Waals surface area contributed by atoms with Crippen LogP contribution < -0.4 is 0 Å². The van der Waals surface area contributed by atoms with E-state index < -0.39 is 5.60 Å². The highest BCUT2D eigenvalue weighted by molar-refractivity contribution is 5.68. The molecule has 1 amide bonds. The molecule has 1 N–H and O–H groups in total. The molecule has 2 aliphatic heterocycles. The van der Waals surface area contributed by atoms with Gasteiger partial charge in [0.2, 0.25) is 0 Å². The van der Waals surface area contributed by atoms with Crippen LogP contribution in [0.25, 0.3) is 0 Å². The third-order valence-corrected chi connectivity index (χ3v) is 4.57. The second kappa shape index (κ2) is 4.53. The van der Waals surface area contributed by atoms with E-state index in [0.717, 1.165) is 12.0 Å². The van der Waals surface area contributed by atoms with E-state index in [9.17, 15) is 9.90 Å². The molecule has 0 radical (unpaired) electrons. The Morgan fingerprint density at radius 2 is 2.00 bits per heavy atom. The summed E-state index contributed by atoms with van der Waals surface area (Å²) in [5.41, 5.74) is 0.404. The van der Waals surface area contributed by atoms with Gasteiger partial charge in [0.1, 0.15) is 6.61 Å². The predicted molar refractivity (Wildman–Crippen MR) is 70.4 cm³/mol. The largest absolute Gasteiger partial charge is 0.445 e. The Morgan fingerprint density at radius 1 is 1.37 bits per heavy atom. The summed E-state index contributed by atoms with van der Waals surface area (Å²) in [5, 5.41) is 10.1. The molecule has 2 saturated heterocycles. The summed E-state index contributed by atoms with van der Waals surface area (Å²) in [6.07, 6.45) is 0.754. The predicted octanol–water partition coefficient (Wildman–Crippen LogP) is 2.03. The summed E-state index contributed by atoms with van der Waals surface area (Å²) in [5.74, 6) is 0.408. The molecule has 1 unspecified atom stereocenters. The first-order valence-corrected chi connectivity index (χ1v) is 6.75. The zero-order valence-corrected chi connectivity index (χ0v) is 11.1. The average molecular weight is 261 g/mol. The lowest BCUT2D eigenvalue weighted by Crippen LogP contribution is -2.66. The maximum absolute atomic E-state index is 12.0. The number of amides is 1. The lowest BCUT2D eigenvalue weighted by molar-refractivity contribution is -0.178. The second-order valence-corrected chi connectivity index (χ2v) is 5.80. The van der Waals surface area contributed by atoms with Gasteiger partial charge in [-0.3, -0.25) is 0 Å². The van der Waals surface area contributed by atoms with Gasteiger partial charge in [-0.05, 0) is 18.9 Å². The lowest BCUT2D eigenvalue weighted by atomic mass is 9.59. The Labute approximate surface area is 113 Å². The van der Waals surface area contributed by atoms with Gasteiger partial charge < -0.3 is 14.7 Å². The van der Waals surface area contributed by atoms with Crippen LogP contribution in [0.15, 0.2) is 30.3 Å². The summed E-state index contributed by atoms with van der Waals surface area (Å²) in [7, 11) is 0. The van der Waals surface area contributed by atoms with Gasteiger partial charge >= 0.3 is 6.09 Å². The summed E-state index contributed by atoms with van der Waals surface area (Å²) in [4.78, 5) is 13.7. The number of nitrogens with zero attached hydrogens (tertiary/aromatic N) is 1. The molecule has 1 aromatic carbocycles. The van der Waals surface area contributed by atoms with Crippen LogP contribution in [0.3, 0.4) is 0 Å². The van der Waals surface area contributed by atoms with Gasteiger partial charge in [-0.2, -0.15) is 0 Å². The molecule has 1 saturated carbocycles. The minimum Gasteiger partial charge on any atom is -0.445 e. The zero-order valence-electron chi connectivity index (χ0n) is 11.1. The minimum atomic E-state index is -0.587. The first kappa shape index (κ1) is 12.5. The molecule has 3 fully saturated rings. The minimum absolute atomic E-state index is 0.204. The quantitative estimate of drug-likeness (QED) is 0.886. The maximum Gasteiger partial charge on any atom is 0.410 e. The molecular weight excluding hydrogens is 242 g/mol. The monoisotopic (exact) mass is 261 g/mol. The number of hydrogen-bond acceptors (Lipinski definition) is 3. The molecule has 3 aliphatic rings. The van der Waals surface area contributed by atoms with Crippen molar-refractivity contribution in [3.63, 3.8) is 0 Å². The fourth-order valence-corrected chi connectivity index (χ4v) is 3.08. The smallest absolute Gasteiger partial charge is 0.410 e. The average Bonchev–Trinajstić information content (AvgIpc) is 2.45. The molecule has 4 nitrogen and oxygen atoms in total. The maximum atomic E-state index is 12.0. The molecule has 3 atom stereocenters. The van der Waals surface area contributed by atoms with Crippen LogP contribution in [0.1, 0.15) is 18.9 Å². The van der Waals surface area contributed by atoms with Crippen molar-refractivity contribution in [2.45, 2.75) is 25.6 Å². The number of benzene rings is 1. The topological polar surface area (TPSA) is 49.8 Å². The molecule has 1 aliphatic carbocycles. The first-order valence-electron chi connectivity index (χ1n) is 6.75. The normalized spacial score (nSPS) is 32.6. The number of piperidine rings is 2. The number of aliphatic hydroxyl groups is 1. The van der Waals surface area contributed by atoms with Gasteiger partial charge in [0.05, 0.1) is 5.60 Å². The number of ether oxygens (including phenoxy) is 1. The fourth-order valence-electron chi connectivity index (χ4n) is 3.08. The van der Waals surface area contributed by atoms with E-state index in [1.807, 2.05) is 37.3 Å². The Kier molecular flexibility index (Phi) is 2.97. The first-order chi connectivity index (χ1) is 9.07. The molecule has 2 heterocycles. The molecular formula is C15H19NO3. The van der Waals surface area contributed by atoms with Gasteiger partial charge in [-0.1, -0.05) is 30.3 Å². The molecule has 102 valence electrons. The molecule has 4 rings (SSSR count). The van der Waals surface area contributed by atoms with Crippen molar-refractivity contribution in [3.05, 3.63) is 35.9 Å². The van der Waals surface area contributed by atoms with Crippen molar-refractivity contribution in [1.29, 1.82) is 0 Å². The SMILES string of the molecule is CC1(O)[C@@H]2C[C@H]1CN(C(=O)OCc1ccccc1)C2. The number of hydrogen-bond donors (Lipinski definition) is 1. The highest BCUT2D eigenvalue weighted by Crippen LogP contribution is 2.48. The van der Waals surface area contributed by atoms with Gasteiger partial charge in [0, 0.05) is 24.9 Å². The number of fused-ring (bicyclic) bond motifs is 2. The Balaban J connectivity index is 1.53. The lowest BCUT2D eigenvalue weighted by Gasteiger charge is -2.57. The summed E-state index contributed by atoms with van der Waals surface area (Å²) >= 11 is 0. The number of carbonyl (C=O) groups is 1. The van der Waals surface area contributed by atoms with E-state index in [2.05, 4.69) is 0 Å². The Hall–Kier alpha value is -1.55. The summed E-state index contributed by atoms with van der Waals surface area (Å²) < 4.78 is 5.31. The molecule has 0 aromatic heterocycles. The van der Waals surface area contributed by atoms with E-state index in [4.69, 9.17) is 4.74 Å². The van der Waals surface area contributed by atoms with E-state index in [1.54, 1.807) is 4.90 Å². The Bertz CT molecular complexity index is 458. The van der Waals surface area contributed by atoms with Gasteiger partial charge in [0.15, 0.2) is 0 Å². The van der Waals surface area contributed by atoms with Crippen LogP contribution in [0.2, 0.25) is 0 Å². The van der Waals surface area contributed by atoms with Crippen molar-refractivity contribution in [2.24, 2.45) is 11.8 Å².